The fourth-order valence-electron chi connectivity index (χ4n) is 1.43. The Labute approximate surface area is 75.5 Å². The molecule has 2 rings (SSSR count). The van der Waals surface area contributed by atoms with Gasteiger partial charge in [0.25, 0.3) is 0 Å². The van der Waals surface area contributed by atoms with Crippen molar-refractivity contribution >= 4 is 23.2 Å². The minimum atomic E-state index is 0.0289. The molecule has 0 unspecified atom stereocenters. The van der Waals surface area contributed by atoms with Crippen LogP contribution in [0.15, 0.2) is 12.1 Å². The lowest BCUT2D eigenvalue weighted by Gasteiger charge is -2.03. The first-order valence-electron chi connectivity index (χ1n) is 3.76. The van der Waals surface area contributed by atoms with E-state index in [0.29, 0.717) is 11.4 Å². The molecule has 12 heavy (non-hydrogen) atoms. The summed E-state index contributed by atoms with van der Waals surface area (Å²) in [5, 5.41) is 3.36. The summed E-state index contributed by atoms with van der Waals surface area (Å²) in [6, 6.07) is 3.74. The molecule has 1 aromatic rings. The fraction of sp³-hybridized carbons (Fsp3) is 0.222. The van der Waals surface area contributed by atoms with Crippen LogP contribution in [-0.4, -0.2) is 5.91 Å². The smallest absolute Gasteiger partial charge is 0.228 e. The van der Waals surface area contributed by atoms with Crippen molar-refractivity contribution in [3.63, 3.8) is 0 Å². The average molecular weight is 182 g/mol. The van der Waals surface area contributed by atoms with Gasteiger partial charge >= 0.3 is 0 Å². The Morgan fingerprint density at radius 3 is 2.92 bits per heavy atom. The highest BCUT2D eigenvalue weighted by Crippen LogP contribution is 2.32. The van der Waals surface area contributed by atoms with E-state index in [4.69, 9.17) is 11.6 Å². The minimum absolute atomic E-state index is 0.0289. The second-order valence-corrected chi connectivity index (χ2v) is 3.35. The summed E-state index contributed by atoms with van der Waals surface area (Å²) in [7, 11) is 0. The molecule has 0 radical (unpaired) electrons. The molecule has 0 fully saturated rings. The van der Waals surface area contributed by atoms with Crippen molar-refractivity contribution in [3.05, 3.63) is 28.3 Å². The van der Waals surface area contributed by atoms with Gasteiger partial charge in [-0.25, -0.2) is 0 Å². The van der Waals surface area contributed by atoms with Gasteiger partial charge in [0, 0.05) is 0 Å². The predicted molar refractivity (Wildman–Crippen MR) is 48.5 cm³/mol. The van der Waals surface area contributed by atoms with Gasteiger partial charge < -0.3 is 5.32 Å². The molecule has 1 aliphatic heterocycles. The van der Waals surface area contributed by atoms with Gasteiger partial charge in [0.15, 0.2) is 0 Å². The van der Waals surface area contributed by atoms with Crippen LogP contribution in [0.5, 0.6) is 0 Å². The Bertz CT molecular complexity index is 327. The van der Waals surface area contributed by atoms with Crippen molar-refractivity contribution in [2.45, 2.75) is 13.3 Å². The molecule has 0 saturated carbocycles. The third-order valence-electron chi connectivity index (χ3n) is 2.10. The lowest BCUT2D eigenvalue weighted by molar-refractivity contribution is -0.115. The summed E-state index contributed by atoms with van der Waals surface area (Å²) < 4.78 is 0. The predicted octanol–water partition coefficient (Wildman–Crippen LogP) is 2.14. The first-order chi connectivity index (χ1) is 5.68. The molecule has 3 heteroatoms. The molecular weight excluding hydrogens is 174 g/mol. The van der Waals surface area contributed by atoms with E-state index < -0.39 is 0 Å². The van der Waals surface area contributed by atoms with Crippen molar-refractivity contribution in [1.29, 1.82) is 0 Å². The lowest BCUT2D eigenvalue weighted by atomic mass is 10.1. The topological polar surface area (TPSA) is 29.1 Å². The number of carbonyl (C=O) groups is 1. The second-order valence-electron chi connectivity index (χ2n) is 2.94. The summed E-state index contributed by atoms with van der Waals surface area (Å²) in [4.78, 5) is 11.0. The Hall–Kier alpha value is -1.02. The quantitative estimate of drug-likeness (QED) is 0.653. The summed E-state index contributed by atoms with van der Waals surface area (Å²) in [6.07, 6.45) is 0.460. The Morgan fingerprint density at radius 2 is 2.25 bits per heavy atom. The van der Waals surface area contributed by atoms with E-state index in [1.54, 1.807) is 6.07 Å². The van der Waals surface area contributed by atoms with Gasteiger partial charge in [-0.1, -0.05) is 17.7 Å². The Morgan fingerprint density at radius 1 is 1.50 bits per heavy atom. The van der Waals surface area contributed by atoms with Crippen LogP contribution in [0.3, 0.4) is 0 Å². The normalized spacial score (nSPS) is 14.3. The van der Waals surface area contributed by atoms with E-state index in [9.17, 15) is 4.79 Å². The molecule has 0 bridgehead atoms. The van der Waals surface area contributed by atoms with E-state index in [1.165, 1.54) is 0 Å². The molecule has 0 saturated heterocycles. The average Bonchev–Trinajstić information content (AvgIpc) is 2.41. The van der Waals surface area contributed by atoms with Crippen LogP contribution in [-0.2, 0) is 11.2 Å². The van der Waals surface area contributed by atoms with Gasteiger partial charge in [0.2, 0.25) is 5.91 Å². The van der Waals surface area contributed by atoms with E-state index in [1.807, 2.05) is 13.0 Å². The SMILES string of the molecule is Cc1ccc(Cl)c2c1CC(=O)N2. The third kappa shape index (κ3) is 0.994. The van der Waals surface area contributed by atoms with Gasteiger partial charge in [-0.05, 0) is 24.1 Å². The van der Waals surface area contributed by atoms with Crippen LogP contribution in [0.4, 0.5) is 5.69 Å². The molecule has 1 aromatic carbocycles. The van der Waals surface area contributed by atoms with Gasteiger partial charge in [-0.15, -0.1) is 0 Å². The number of hydrogen-bond donors (Lipinski definition) is 1. The van der Waals surface area contributed by atoms with E-state index in [-0.39, 0.29) is 5.91 Å². The number of fused-ring (bicyclic) bond motifs is 1. The van der Waals surface area contributed by atoms with Gasteiger partial charge in [0.1, 0.15) is 0 Å². The van der Waals surface area contributed by atoms with Crippen LogP contribution in [0.2, 0.25) is 5.02 Å². The van der Waals surface area contributed by atoms with Crippen LogP contribution in [0.25, 0.3) is 0 Å². The second kappa shape index (κ2) is 2.49. The summed E-state index contributed by atoms with van der Waals surface area (Å²) in [6.45, 7) is 1.98. The number of hydrogen-bond acceptors (Lipinski definition) is 1. The molecule has 1 N–H and O–H groups in total. The zero-order chi connectivity index (χ0) is 8.72. The summed E-state index contributed by atoms with van der Waals surface area (Å²) >= 11 is 5.89. The number of carbonyl (C=O) groups excluding carboxylic acids is 1. The molecule has 0 aliphatic carbocycles. The summed E-state index contributed by atoms with van der Waals surface area (Å²) in [5.74, 6) is 0.0289. The first kappa shape index (κ1) is 7.62. The van der Waals surface area contributed by atoms with Crippen molar-refractivity contribution in [1.82, 2.24) is 0 Å². The molecule has 0 aromatic heterocycles. The molecule has 62 valence electrons. The number of rotatable bonds is 0. The maximum atomic E-state index is 11.0. The zero-order valence-corrected chi connectivity index (χ0v) is 7.40. The van der Waals surface area contributed by atoms with E-state index >= 15 is 0 Å². The van der Waals surface area contributed by atoms with Crippen molar-refractivity contribution in [2.75, 3.05) is 5.32 Å². The Kier molecular flexibility index (Phi) is 1.58. The van der Waals surface area contributed by atoms with Gasteiger partial charge in [0.05, 0.1) is 17.1 Å². The number of nitrogens with one attached hydrogen (secondary N) is 1. The van der Waals surface area contributed by atoms with Crippen LogP contribution in [0, 0.1) is 6.92 Å². The third-order valence-corrected chi connectivity index (χ3v) is 2.41. The van der Waals surface area contributed by atoms with Crippen molar-refractivity contribution in [2.24, 2.45) is 0 Å². The van der Waals surface area contributed by atoms with Crippen LogP contribution in [0.1, 0.15) is 11.1 Å². The first-order valence-corrected chi connectivity index (χ1v) is 4.14. The maximum absolute atomic E-state index is 11.0. The van der Waals surface area contributed by atoms with Crippen LogP contribution >= 0.6 is 11.6 Å². The number of aryl methyl sites for hydroxylation is 1. The number of anilines is 1. The molecule has 1 aliphatic rings. The highest BCUT2D eigenvalue weighted by Gasteiger charge is 2.21. The van der Waals surface area contributed by atoms with E-state index in [2.05, 4.69) is 5.32 Å². The van der Waals surface area contributed by atoms with Gasteiger partial charge in [-0.3, -0.25) is 4.79 Å². The molecule has 1 heterocycles. The Balaban J connectivity index is 2.64. The molecule has 0 spiro atoms. The standard InChI is InChI=1S/C9H8ClNO/c1-5-2-3-7(10)9-6(5)4-8(12)11-9/h2-3H,4H2,1H3,(H,11,12). The monoisotopic (exact) mass is 181 g/mol. The van der Waals surface area contributed by atoms with Crippen LogP contribution < -0.4 is 5.32 Å². The highest BCUT2D eigenvalue weighted by atomic mass is 35.5. The van der Waals surface area contributed by atoms with E-state index in [0.717, 1.165) is 16.8 Å². The summed E-state index contributed by atoms with van der Waals surface area (Å²) in [5.41, 5.74) is 2.95. The van der Waals surface area contributed by atoms with Crippen molar-refractivity contribution in [3.8, 4) is 0 Å². The molecular formula is C9H8ClNO. The minimum Gasteiger partial charge on any atom is -0.324 e. The highest BCUT2D eigenvalue weighted by molar-refractivity contribution is 6.34. The lowest BCUT2D eigenvalue weighted by Crippen LogP contribution is -2.03. The zero-order valence-electron chi connectivity index (χ0n) is 6.65. The van der Waals surface area contributed by atoms with Crippen molar-refractivity contribution < 1.29 is 4.79 Å². The molecule has 2 nitrogen and oxygen atoms in total. The number of amides is 1. The molecule has 1 amide bonds. The number of benzene rings is 1. The maximum Gasteiger partial charge on any atom is 0.228 e. The van der Waals surface area contributed by atoms with Gasteiger partial charge in [-0.2, -0.15) is 0 Å². The largest absolute Gasteiger partial charge is 0.324 e. The number of halogens is 1. The molecule has 0 atom stereocenters. The fourth-order valence-corrected chi connectivity index (χ4v) is 1.65.